The van der Waals surface area contributed by atoms with Crippen molar-refractivity contribution >= 4 is 29.9 Å². The van der Waals surface area contributed by atoms with Gasteiger partial charge < -0.3 is 29.6 Å². The van der Waals surface area contributed by atoms with Crippen LogP contribution in [-0.2, 0) is 24.9 Å². The predicted octanol–water partition coefficient (Wildman–Crippen LogP) is 2.10. The van der Waals surface area contributed by atoms with E-state index in [1.165, 1.54) is 0 Å². The monoisotopic (exact) mass is 557 g/mol. The van der Waals surface area contributed by atoms with Gasteiger partial charge in [0.2, 0.25) is 0 Å². The first kappa shape index (κ1) is 26.3. The highest BCUT2D eigenvalue weighted by Gasteiger charge is 2.20. The van der Waals surface area contributed by atoms with Crippen LogP contribution in [0, 0.1) is 6.92 Å². The number of ether oxygens (including phenoxy) is 2. The number of likely N-dealkylation sites (tertiary alicyclic amines) is 1. The largest absolute Gasteiger partial charge is 0.497 e. The van der Waals surface area contributed by atoms with Gasteiger partial charge in [-0.2, -0.15) is 0 Å². The van der Waals surface area contributed by atoms with Crippen LogP contribution >= 0.6 is 24.0 Å². The third-order valence-corrected chi connectivity index (χ3v) is 5.72. The van der Waals surface area contributed by atoms with Crippen LogP contribution in [0.1, 0.15) is 30.1 Å². The summed E-state index contributed by atoms with van der Waals surface area (Å²) < 4.78 is 12.4. The molecule has 0 radical (unpaired) electrons. The number of hydrogen-bond donors (Lipinski definition) is 2. The van der Waals surface area contributed by atoms with Crippen molar-refractivity contribution in [2.24, 2.45) is 12.0 Å². The van der Waals surface area contributed by atoms with Gasteiger partial charge in [0.1, 0.15) is 11.6 Å². The molecule has 1 saturated heterocycles. The quantitative estimate of drug-likeness (QED) is 0.278. The average molecular weight is 557 g/mol. The lowest BCUT2D eigenvalue weighted by molar-refractivity contribution is 0.128. The van der Waals surface area contributed by atoms with Crippen molar-refractivity contribution < 1.29 is 9.47 Å². The molecule has 0 amide bonds. The molecule has 10 heteroatoms. The minimum atomic E-state index is 0. The maximum absolute atomic E-state index is 5.24. The summed E-state index contributed by atoms with van der Waals surface area (Å²) in [6.07, 6.45) is 2.16. The molecule has 3 rings (SSSR count). The molecule has 0 saturated carbocycles. The third-order valence-electron chi connectivity index (χ3n) is 5.72. The molecule has 2 heterocycles. The highest BCUT2D eigenvalue weighted by molar-refractivity contribution is 14.0. The van der Waals surface area contributed by atoms with E-state index in [4.69, 9.17) is 14.5 Å². The number of nitrogens with one attached hydrogen (secondary N) is 2. The predicted molar refractivity (Wildman–Crippen MR) is 137 cm³/mol. The standard InChI is InChI=1S/C22H35N7O2.HI/c1-17-26-27-21(28(17)2)16-24-22(23-15-18-5-7-20(31-4)8-6-18)25-19-9-11-29(12-10-19)13-14-30-3;/h5-8,19H,9-16H2,1-4H3,(H2,23,24,25);1H. The molecule has 2 N–H and O–H groups in total. The van der Waals surface area contributed by atoms with E-state index in [9.17, 15) is 0 Å². The van der Waals surface area contributed by atoms with Crippen LogP contribution in [0.25, 0.3) is 0 Å². The normalized spacial score (nSPS) is 15.3. The highest BCUT2D eigenvalue weighted by Crippen LogP contribution is 2.13. The first-order valence-electron chi connectivity index (χ1n) is 10.8. The van der Waals surface area contributed by atoms with E-state index >= 15 is 0 Å². The van der Waals surface area contributed by atoms with E-state index in [1.807, 2.05) is 42.8 Å². The van der Waals surface area contributed by atoms with E-state index in [0.29, 0.717) is 19.1 Å². The molecule has 178 valence electrons. The molecule has 0 unspecified atom stereocenters. The Kier molecular flexibility index (Phi) is 11.2. The van der Waals surface area contributed by atoms with Gasteiger partial charge in [-0.15, -0.1) is 34.2 Å². The zero-order valence-electron chi connectivity index (χ0n) is 19.5. The van der Waals surface area contributed by atoms with E-state index < -0.39 is 0 Å². The second kappa shape index (κ2) is 13.6. The molecular formula is C22H36IN7O2. The van der Waals surface area contributed by atoms with Crippen molar-refractivity contribution in [1.29, 1.82) is 0 Å². The van der Waals surface area contributed by atoms with Crippen molar-refractivity contribution in [1.82, 2.24) is 30.3 Å². The lowest BCUT2D eigenvalue weighted by atomic mass is 10.1. The Bertz CT molecular complexity index is 833. The number of benzene rings is 1. The summed E-state index contributed by atoms with van der Waals surface area (Å²) >= 11 is 0. The lowest BCUT2D eigenvalue weighted by Crippen LogP contribution is -2.49. The number of nitrogens with zero attached hydrogens (tertiary/aromatic N) is 5. The highest BCUT2D eigenvalue weighted by atomic mass is 127. The van der Waals surface area contributed by atoms with Crippen molar-refractivity contribution in [3.63, 3.8) is 0 Å². The van der Waals surface area contributed by atoms with Crippen molar-refractivity contribution in [3.05, 3.63) is 41.5 Å². The maximum atomic E-state index is 5.24. The molecule has 0 bridgehead atoms. The van der Waals surface area contributed by atoms with Crippen LogP contribution in [0.5, 0.6) is 5.75 Å². The van der Waals surface area contributed by atoms with Crippen LogP contribution < -0.4 is 15.4 Å². The lowest BCUT2D eigenvalue weighted by Gasteiger charge is -2.32. The maximum Gasteiger partial charge on any atom is 0.192 e. The third kappa shape index (κ3) is 7.89. The minimum absolute atomic E-state index is 0. The molecule has 1 aliphatic heterocycles. The van der Waals surface area contributed by atoms with Crippen LogP contribution in [0.15, 0.2) is 29.3 Å². The summed E-state index contributed by atoms with van der Waals surface area (Å²) in [5.74, 6) is 3.42. The summed E-state index contributed by atoms with van der Waals surface area (Å²) in [5, 5.41) is 15.4. The smallest absolute Gasteiger partial charge is 0.192 e. The molecule has 1 aliphatic rings. The number of piperidine rings is 1. The van der Waals surface area contributed by atoms with Crippen LogP contribution in [0.3, 0.4) is 0 Å². The molecule has 9 nitrogen and oxygen atoms in total. The second-order valence-electron chi connectivity index (χ2n) is 7.84. The van der Waals surface area contributed by atoms with Gasteiger partial charge in [0.25, 0.3) is 0 Å². The molecule has 0 atom stereocenters. The van der Waals surface area contributed by atoms with E-state index in [0.717, 1.165) is 68.0 Å². The first-order valence-corrected chi connectivity index (χ1v) is 10.8. The fourth-order valence-corrected chi connectivity index (χ4v) is 3.54. The number of halogens is 1. The Morgan fingerprint density at radius 2 is 1.88 bits per heavy atom. The van der Waals surface area contributed by atoms with E-state index in [-0.39, 0.29) is 24.0 Å². The second-order valence-corrected chi connectivity index (χ2v) is 7.84. The van der Waals surface area contributed by atoms with E-state index in [2.05, 4.69) is 25.7 Å². The summed E-state index contributed by atoms with van der Waals surface area (Å²) in [7, 11) is 5.40. The molecular weight excluding hydrogens is 521 g/mol. The Morgan fingerprint density at radius 1 is 1.16 bits per heavy atom. The number of rotatable bonds is 9. The van der Waals surface area contributed by atoms with Crippen LogP contribution in [-0.4, -0.2) is 72.1 Å². The number of aryl methyl sites for hydroxylation is 1. The minimum Gasteiger partial charge on any atom is -0.497 e. The Morgan fingerprint density at radius 3 is 2.47 bits per heavy atom. The Balaban J connectivity index is 0.00000363. The molecule has 0 aliphatic carbocycles. The summed E-state index contributed by atoms with van der Waals surface area (Å²) in [5.41, 5.74) is 1.13. The molecule has 1 aromatic heterocycles. The Hall–Kier alpha value is -1.92. The summed E-state index contributed by atoms with van der Waals surface area (Å²) in [6.45, 7) is 7.01. The van der Waals surface area contributed by atoms with Gasteiger partial charge in [0.15, 0.2) is 11.8 Å². The van der Waals surface area contributed by atoms with Crippen molar-refractivity contribution in [2.75, 3.05) is 40.5 Å². The molecule has 32 heavy (non-hydrogen) atoms. The molecule has 2 aromatic rings. The summed E-state index contributed by atoms with van der Waals surface area (Å²) in [4.78, 5) is 7.28. The molecule has 1 fully saturated rings. The van der Waals surface area contributed by atoms with Gasteiger partial charge in [0.05, 0.1) is 26.8 Å². The van der Waals surface area contributed by atoms with Crippen LogP contribution in [0.4, 0.5) is 0 Å². The van der Waals surface area contributed by atoms with Crippen molar-refractivity contribution in [3.8, 4) is 5.75 Å². The fraction of sp³-hybridized carbons (Fsp3) is 0.591. The van der Waals surface area contributed by atoms with Crippen molar-refractivity contribution in [2.45, 2.75) is 38.9 Å². The number of aromatic nitrogens is 3. The van der Waals surface area contributed by atoms with Gasteiger partial charge >= 0.3 is 0 Å². The fourth-order valence-electron chi connectivity index (χ4n) is 3.54. The molecule has 0 spiro atoms. The number of methoxy groups -OCH3 is 2. The zero-order chi connectivity index (χ0) is 22.1. The van der Waals surface area contributed by atoms with Gasteiger partial charge in [-0.3, -0.25) is 0 Å². The topological polar surface area (TPSA) is 88.8 Å². The van der Waals surface area contributed by atoms with Gasteiger partial charge in [-0.25, -0.2) is 4.99 Å². The van der Waals surface area contributed by atoms with Gasteiger partial charge in [0, 0.05) is 39.8 Å². The SMILES string of the molecule is COCCN1CCC(NC(=NCc2ccc(OC)cc2)NCc2nnc(C)n2C)CC1.I. The number of guanidine groups is 1. The van der Waals surface area contributed by atoms with Gasteiger partial charge in [-0.05, 0) is 37.5 Å². The zero-order valence-corrected chi connectivity index (χ0v) is 21.8. The summed E-state index contributed by atoms with van der Waals surface area (Å²) in [6, 6.07) is 8.40. The number of hydrogen-bond acceptors (Lipinski definition) is 6. The number of aliphatic imine (C=N–C) groups is 1. The first-order chi connectivity index (χ1) is 15.1. The van der Waals surface area contributed by atoms with Crippen LogP contribution in [0.2, 0.25) is 0 Å². The Labute approximate surface area is 208 Å². The molecule has 1 aromatic carbocycles. The van der Waals surface area contributed by atoms with Gasteiger partial charge in [-0.1, -0.05) is 12.1 Å². The van der Waals surface area contributed by atoms with E-state index in [1.54, 1.807) is 14.2 Å². The average Bonchev–Trinajstić information content (AvgIpc) is 3.13.